The summed E-state index contributed by atoms with van der Waals surface area (Å²) in [5.41, 5.74) is 1.58. The summed E-state index contributed by atoms with van der Waals surface area (Å²) in [7, 11) is 0. The van der Waals surface area contributed by atoms with E-state index in [0.29, 0.717) is 27.5 Å². The van der Waals surface area contributed by atoms with Crippen molar-refractivity contribution in [2.24, 2.45) is 0 Å². The van der Waals surface area contributed by atoms with Gasteiger partial charge in [-0.25, -0.2) is 0 Å². The summed E-state index contributed by atoms with van der Waals surface area (Å²) in [4.78, 5) is 13.0. The molecule has 2 aromatic heterocycles. The molecule has 0 spiro atoms. The van der Waals surface area contributed by atoms with Gasteiger partial charge in [-0.15, -0.1) is 11.3 Å². The van der Waals surface area contributed by atoms with Crippen LogP contribution in [0.25, 0.3) is 0 Å². The van der Waals surface area contributed by atoms with Crippen LogP contribution in [-0.4, -0.2) is 15.7 Å². The van der Waals surface area contributed by atoms with E-state index < -0.39 is 11.7 Å². The van der Waals surface area contributed by atoms with Gasteiger partial charge in [0.25, 0.3) is 5.91 Å². The van der Waals surface area contributed by atoms with Crippen LogP contribution < -0.4 is 5.32 Å². The fraction of sp³-hybridized carbons (Fsp3) is 0.222. The molecule has 1 amide bonds. The van der Waals surface area contributed by atoms with E-state index in [1.54, 1.807) is 30.7 Å². The molecule has 0 fully saturated rings. The van der Waals surface area contributed by atoms with E-state index in [4.69, 9.17) is 0 Å². The molecule has 1 aromatic carbocycles. The molecule has 0 bridgehead atoms. The lowest BCUT2D eigenvalue weighted by molar-refractivity contribution is -0.137. The molecule has 10 heteroatoms. The Kier molecular flexibility index (Phi) is 6.02. The molecule has 148 valence electrons. The highest BCUT2D eigenvalue weighted by Crippen LogP contribution is 2.33. The number of carbonyl (C=O) groups is 1. The minimum absolute atomic E-state index is 0.169. The molecular weight excluding hydrogens is 523 g/mol. The van der Waals surface area contributed by atoms with Crippen LogP contribution in [0.15, 0.2) is 38.6 Å². The van der Waals surface area contributed by atoms with Gasteiger partial charge in [0.05, 0.1) is 37.8 Å². The van der Waals surface area contributed by atoms with Gasteiger partial charge >= 0.3 is 6.18 Å². The molecule has 0 atom stereocenters. The van der Waals surface area contributed by atoms with Gasteiger partial charge < -0.3 is 5.32 Å². The summed E-state index contributed by atoms with van der Waals surface area (Å²) in [5, 5.41) is 7.22. The number of rotatable bonds is 4. The third-order valence-corrected chi connectivity index (χ3v) is 7.33. The summed E-state index contributed by atoms with van der Waals surface area (Å²) in [6.45, 7) is 3.68. The van der Waals surface area contributed by atoms with Crippen LogP contribution in [0.1, 0.15) is 32.2 Å². The van der Waals surface area contributed by atoms with Gasteiger partial charge in [-0.3, -0.25) is 9.48 Å². The first-order valence-electron chi connectivity index (χ1n) is 8.02. The number of aromatic nitrogens is 2. The summed E-state index contributed by atoms with van der Waals surface area (Å²) in [6.07, 6.45) is -4.40. The van der Waals surface area contributed by atoms with Crippen LogP contribution in [-0.2, 0) is 12.7 Å². The van der Waals surface area contributed by atoms with Crippen LogP contribution in [0, 0.1) is 13.8 Å². The van der Waals surface area contributed by atoms with Gasteiger partial charge in [0.1, 0.15) is 0 Å². The highest BCUT2D eigenvalue weighted by molar-refractivity contribution is 9.13. The van der Waals surface area contributed by atoms with Gasteiger partial charge in [0, 0.05) is 4.47 Å². The van der Waals surface area contributed by atoms with Gasteiger partial charge in [0.2, 0.25) is 0 Å². The third-order valence-electron chi connectivity index (χ3n) is 4.08. The number of hydrogen-bond acceptors (Lipinski definition) is 3. The van der Waals surface area contributed by atoms with E-state index in [1.165, 1.54) is 17.4 Å². The number of anilines is 1. The van der Waals surface area contributed by atoms with Crippen molar-refractivity contribution in [3.63, 3.8) is 0 Å². The van der Waals surface area contributed by atoms with Crippen molar-refractivity contribution < 1.29 is 18.0 Å². The predicted molar refractivity (Wildman–Crippen MR) is 110 cm³/mol. The Bertz CT molecular complexity index is 1020. The number of nitrogens with zero attached hydrogens (tertiary/aromatic N) is 2. The number of carbonyl (C=O) groups excluding carboxylic acids is 1. The first kappa shape index (κ1) is 21.1. The lowest BCUT2D eigenvalue weighted by Gasteiger charge is -2.10. The van der Waals surface area contributed by atoms with Crippen LogP contribution in [0.3, 0.4) is 0 Å². The molecular formula is C18H14Br2F3N3OS. The van der Waals surface area contributed by atoms with Crippen molar-refractivity contribution >= 4 is 54.8 Å². The Balaban J connectivity index is 1.83. The Morgan fingerprint density at radius 2 is 1.96 bits per heavy atom. The standard InChI is InChI=1S/C18H14Br2F3N3OS/c1-9-15(24-17(27)14-7-13(19)16(20)28-14)10(2)26(25-9)8-11-4-3-5-12(6-11)18(21,22)23/h3-7H,8H2,1-2H3,(H,24,27). The highest BCUT2D eigenvalue weighted by atomic mass is 79.9. The van der Waals surface area contributed by atoms with Gasteiger partial charge in [-0.2, -0.15) is 18.3 Å². The largest absolute Gasteiger partial charge is 0.416 e. The van der Waals surface area contributed by atoms with Crippen LogP contribution in [0.2, 0.25) is 0 Å². The minimum atomic E-state index is -4.40. The highest BCUT2D eigenvalue weighted by Gasteiger charge is 2.30. The molecule has 3 rings (SSSR count). The van der Waals surface area contributed by atoms with Crippen molar-refractivity contribution in [3.8, 4) is 0 Å². The average molecular weight is 537 g/mol. The van der Waals surface area contributed by atoms with Gasteiger partial charge in [-0.1, -0.05) is 12.1 Å². The van der Waals surface area contributed by atoms with E-state index in [0.717, 1.165) is 20.4 Å². The molecule has 28 heavy (non-hydrogen) atoms. The summed E-state index contributed by atoms with van der Waals surface area (Å²) >= 11 is 7.99. The third kappa shape index (κ3) is 4.49. The van der Waals surface area contributed by atoms with Gasteiger partial charge in [0.15, 0.2) is 0 Å². The molecule has 0 aliphatic rings. The minimum Gasteiger partial charge on any atom is -0.318 e. The molecule has 4 nitrogen and oxygen atoms in total. The van der Waals surface area contributed by atoms with Crippen molar-refractivity contribution in [2.75, 3.05) is 5.32 Å². The molecule has 3 aromatic rings. The van der Waals surface area contributed by atoms with E-state index in [1.807, 2.05) is 0 Å². The fourth-order valence-corrected chi connectivity index (χ4v) is 4.62. The number of nitrogens with one attached hydrogen (secondary N) is 1. The summed E-state index contributed by atoms with van der Waals surface area (Å²) in [5.74, 6) is -0.277. The van der Waals surface area contributed by atoms with Gasteiger partial charge in [-0.05, 0) is 69.5 Å². The van der Waals surface area contributed by atoms with E-state index in [2.05, 4.69) is 42.3 Å². The van der Waals surface area contributed by atoms with E-state index in [9.17, 15) is 18.0 Å². The number of halogens is 5. The van der Waals surface area contributed by atoms with Crippen molar-refractivity contribution in [1.82, 2.24) is 9.78 Å². The maximum atomic E-state index is 12.9. The molecule has 0 aliphatic heterocycles. The quantitative estimate of drug-likeness (QED) is 0.419. The first-order valence-corrected chi connectivity index (χ1v) is 10.4. The molecule has 2 heterocycles. The van der Waals surface area contributed by atoms with Crippen LogP contribution in [0.5, 0.6) is 0 Å². The van der Waals surface area contributed by atoms with E-state index >= 15 is 0 Å². The number of hydrogen-bond donors (Lipinski definition) is 1. The second kappa shape index (κ2) is 8.00. The summed E-state index contributed by atoms with van der Waals surface area (Å²) in [6, 6.07) is 6.84. The number of aryl methyl sites for hydroxylation is 1. The first-order chi connectivity index (χ1) is 13.1. The average Bonchev–Trinajstić information content (AvgIpc) is 3.08. The maximum Gasteiger partial charge on any atom is 0.416 e. The predicted octanol–water partition coefficient (Wildman–Crippen LogP) is 6.41. The molecule has 0 saturated heterocycles. The lowest BCUT2D eigenvalue weighted by atomic mass is 10.1. The second-order valence-corrected chi connectivity index (χ2v) is 9.31. The van der Waals surface area contributed by atoms with E-state index in [-0.39, 0.29) is 12.5 Å². The van der Waals surface area contributed by atoms with Crippen molar-refractivity contribution in [3.05, 3.63) is 66.0 Å². The zero-order valence-corrected chi connectivity index (χ0v) is 18.7. The Labute approximate surface area is 180 Å². The van der Waals surface area contributed by atoms with Crippen molar-refractivity contribution in [2.45, 2.75) is 26.6 Å². The Morgan fingerprint density at radius 1 is 1.25 bits per heavy atom. The fourth-order valence-electron chi connectivity index (χ4n) is 2.68. The number of amides is 1. The maximum absolute atomic E-state index is 12.9. The monoisotopic (exact) mass is 535 g/mol. The molecule has 0 radical (unpaired) electrons. The SMILES string of the molecule is Cc1nn(Cc2cccc(C(F)(F)F)c2)c(C)c1NC(=O)c1cc(Br)c(Br)s1. The van der Waals surface area contributed by atoms with Crippen molar-refractivity contribution in [1.29, 1.82) is 0 Å². The lowest BCUT2D eigenvalue weighted by Crippen LogP contribution is -2.12. The van der Waals surface area contributed by atoms with Crippen LogP contribution in [0.4, 0.5) is 18.9 Å². The van der Waals surface area contributed by atoms with Crippen LogP contribution >= 0.6 is 43.2 Å². The second-order valence-electron chi connectivity index (χ2n) is 6.09. The number of alkyl halides is 3. The Hall–Kier alpha value is -1.65. The Morgan fingerprint density at radius 3 is 2.57 bits per heavy atom. The normalized spacial score (nSPS) is 11.7. The number of thiophene rings is 1. The molecule has 0 saturated carbocycles. The molecule has 0 unspecified atom stereocenters. The molecule has 0 aliphatic carbocycles. The molecule has 1 N–H and O–H groups in total. The zero-order valence-electron chi connectivity index (χ0n) is 14.7. The number of benzene rings is 1. The summed E-state index contributed by atoms with van der Waals surface area (Å²) < 4.78 is 41.9. The smallest absolute Gasteiger partial charge is 0.318 e. The topological polar surface area (TPSA) is 46.9 Å². The zero-order chi connectivity index (χ0) is 20.6.